The molecule has 2 atom stereocenters. The van der Waals surface area contributed by atoms with E-state index in [0.717, 1.165) is 11.1 Å². The van der Waals surface area contributed by atoms with Crippen molar-refractivity contribution in [2.45, 2.75) is 65.3 Å². The van der Waals surface area contributed by atoms with E-state index in [1.165, 1.54) is 0 Å². The number of hydrazine groups is 1. The molecule has 0 saturated carbocycles. The summed E-state index contributed by atoms with van der Waals surface area (Å²) in [5.74, 6) is -1.53. The Labute approximate surface area is 256 Å². The molecule has 0 radical (unpaired) electrons. The van der Waals surface area contributed by atoms with Crippen LogP contribution in [0, 0.1) is 0 Å². The van der Waals surface area contributed by atoms with Gasteiger partial charge in [-0.3, -0.25) is 14.4 Å². The van der Waals surface area contributed by atoms with Gasteiger partial charge >= 0.3 is 18.3 Å². The van der Waals surface area contributed by atoms with E-state index in [4.69, 9.17) is 19.0 Å². The van der Waals surface area contributed by atoms with Crippen molar-refractivity contribution in [3.05, 3.63) is 71.8 Å². The number of hydroxylamine groups is 1. The van der Waals surface area contributed by atoms with Crippen LogP contribution >= 0.6 is 0 Å². The molecule has 0 spiro atoms. The van der Waals surface area contributed by atoms with E-state index in [9.17, 15) is 24.0 Å². The van der Waals surface area contributed by atoms with Gasteiger partial charge in [-0.1, -0.05) is 60.7 Å². The third kappa shape index (κ3) is 13.4. The maximum Gasteiger partial charge on any atom is 0.428 e. The Balaban J connectivity index is 2.30. The minimum atomic E-state index is -1.52. The van der Waals surface area contributed by atoms with Crippen LogP contribution in [0.1, 0.15) is 45.7 Å². The minimum absolute atomic E-state index is 0.00515. The molecule has 240 valence electrons. The predicted octanol–water partition coefficient (Wildman–Crippen LogP) is 2.97. The number of carbonyl (C=O) groups is 5. The number of nitrogens with one attached hydrogen (secondary N) is 4. The van der Waals surface area contributed by atoms with Gasteiger partial charge in [-0.15, -0.1) is 0 Å². The lowest BCUT2D eigenvalue weighted by atomic mass is 10.0. The first kappa shape index (κ1) is 35.3. The van der Waals surface area contributed by atoms with Crippen LogP contribution in [0.15, 0.2) is 60.7 Å². The number of alkyl carbamates (subject to hydrolysis) is 1. The van der Waals surface area contributed by atoms with Gasteiger partial charge in [-0.05, 0) is 45.7 Å². The molecule has 5 amide bonds. The van der Waals surface area contributed by atoms with Crippen LogP contribution in [0.3, 0.4) is 0 Å². The SMILES string of the molecule is CCOC(=O)NN(C[C@H](NC(=O)OC(C)(C)C)C(=O)N[C@@H](Cc1ccccc1)C(=O)NOCc1ccccc1)C(=O)OCC. The zero-order valence-electron chi connectivity index (χ0n) is 25.6. The zero-order valence-corrected chi connectivity index (χ0v) is 25.6. The number of hydrogen-bond donors (Lipinski definition) is 4. The smallest absolute Gasteiger partial charge is 0.428 e. The highest BCUT2D eigenvalue weighted by Gasteiger charge is 2.33. The molecule has 14 nitrogen and oxygen atoms in total. The average molecular weight is 616 g/mol. The summed E-state index contributed by atoms with van der Waals surface area (Å²) in [5, 5.41) is 5.69. The first-order valence-corrected chi connectivity index (χ1v) is 14.1. The maximum absolute atomic E-state index is 13.6. The number of ether oxygens (including phenoxy) is 3. The molecule has 0 saturated heterocycles. The Bertz CT molecular complexity index is 1220. The molecule has 0 aliphatic rings. The van der Waals surface area contributed by atoms with Crippen molar-refractivity contribution in [3.8, 4) is 0 Å². The van der Waals surface area contributed by atoms with Crippen LogP contribution in [0.25, 0.3) is 0 Å². The lowest BCUT2D eigenvalue weighted by molar-refractivity contribution is -0.139. The van der Waals surface area contributed by atoms with Crippen LogP contribution in [-0.4, -0.2) is 72.5 Å². The molecule has 0 unspecified atom stereocenters. The first-order valence-electron chi connectivity index (χ1n) is 14.1. The van der Waals surface area contributed by atoms with E-state index in [1.54, 1.807) is 65.0 Å². The van der Waals surface area contributed by atoms with Crippen LogP contribution in [0.5, 0.6) is 0 Å². The first-order chi connectivity index (χ1) is 20.9. The summed E-state index contributed by atoms with van der Waals surface area (Å²) in [7, 11) is 0. The fourth-order valence-electron chi connectivity index (χ4n) is 3.63. The number of rotatable bonds is 13. The van der Waals surface area contributed by atoms with Crippen LogP contribution < -0.4 is 21.5 Å². The molecule has 4 N–H and O–H groups in total. The van der Waals surface area contributed by atoms with E-state index >= 15 is 0 Å². The molecule has 0 aliphatic carbocycles. The van der Waals surface area contributed by atoms with Gasteiger partial charge in [0.05, 0.1) is 26.4 Å². The topological polar surface area (TPSA) is 174 Å². The minimum Gasteiger partial charge on any atom is -0.449 e. The normalized spacial score (nSPS) is 12.1. The quantitative estimate of drug-likeness (QED) is 0.195. The van der Waals surface area contributed by atoms with Crippen LogP contribution in [0.2, 0.25) is 0 Å². The number of carbonyl (C=O) groups excluding carboxylic acids is 5. The summed E-state index contributed by atoms with van der Waals surface area (Å²) >= 11 is 0. The fourth-order valence-corrected chi connectivity index (χ4v) is 3.63. The van der Waals surface area contributed by atoms with Crippen molar-refractivity contribution in [2.75, 3.05) is 19.8 Å². The molecule has 0 aromatic heterocycles. The Morgan fingerprint density at radius 1 is 0.750 bits per heavy atom. The van der Waals surface area contributed by atoms with E-state index in [0.29, 0.717) is 5.01 Å². The van der Waals surface area contributed by atoms with Crippen molar-refractivity contribution in [1.82, 2.24) is 26.5 Å². The Kier molecular flexibility index (Phi) is 14.4. The molecule has 2 aromatic rings. The summed E-state index contributed by atoms with van der Waals surface area (Å²) in [6.45, 7) is 7.44. The van der Waals surface area contributed by atoms with Gasteiger partial charge in [0.25, 0.3) is 5.91 Å². The molecule has 44 heavy (non-hydrogen) atoms. The van der Waals surface area contributed by atoms with Crippen LogP contribution in [-0.2, 0) is 41.7 Å². The van der Waals surface area contributed by atoms with Gasteiger partial charge in [-0.25, -0.2) is 30.3 Å². The highest BCUT2D eigenvalue weighted by Crippen LogP contribution is 2.09. The summed E-state index contributed by atoms with van der Waals surface area (Å²) in [4.78, 5) is 69.7. The Hall–Kier alpha value is -4.85. The molecule has 2 rings (SSSR count). The fraction of sp³-hybridized carbons (Fsp3) is 0.433. The van der Waals surface area contributed by atoms with Crippen molar-refractivity contribution in [1.29, 1.82) is 0 Å². The van der Waals surface area contributed by atoms with Crippen molar-refractivity contribution in [2.24, 2.45) is 0 Å². The summed E-state index contributed by atoms with van der Waals surface area (Å²) < 4.78 is 15.1. The second-order valence-electron chi connectivity index (χ2n) is 10.3. The average Bonchev–Trinajstić information content (AvgIpc) is 2.96. The largest absolute Gasteiger partial charge is 0.449 e. The number of amides is 5. The highest BCUT2D eigenvalue weighted by molar-refractivity contribution is 5.91. The summed E-state index contributed by atoms with van der Waals surface area (Å²) in [6, 6.07) is 15.4. The molecule has 0 bridgehead atoms. The van der Waals surface area contributed by atoms with E-state index < -0.39 is 54.3 Å². The zero-order chi connectivity index (χ0) is 32.5. The van der Waals surface area contributed by atoms with E-state index in [1.807, 2.05) is 30.3 Å². The van der Waals surface area contributed by atoms with Gasteiger partial charge in [0.2, 0.25) is 5.91 Å². The van der Waals surface area contributed by atoms with Crippen molar-refractivity contribution in [3.63, 3.8) is 0 Å². The van der Waals surface area contributed by atoms with Gasteiger partial charge in [0.1, 0.15) is 17.7 Å². The summed E-state index contributed by atoms with van der Waals surface area (Å²) in [6.07, 6.45) is -2.92. The van der Waals surface area contributed by atoms with Crippen molar-refractivity contribution >= 4 is 30.1 Å². The van der Waals surface area contributed by atoms with Gasteiger partial charge in [-0.2, -0.15) is 0 Å². The van der Waals surface area contributed by atoms with Gasteiger partial charge in [0, 0.05) is 6.42 Å². The van der Waals surface area contributed by atoms with Crippen LogP contribution in [0.4, 0.5) is 14.4 Å². The van der Waals surface area contributed by atoms with Gasteiger partial charge < -0.3 is 24.8 Å². The second-order valence-corrected chi connectivity index (χ2v) is 10.3. The number of benzene rings is 2. The monoisotopic (exact) mass is 615 g/mol. The number of nitrogens with zero attached hydrogens (tertiary/aromatic N) is 1. The standard InChI is InChI=1S/C30H41N5O9/c1-6-41-28(39)33-35(29(40)42-7-2)19-24(32-27(38)44-30(3,4)5)25(36)31-23(18-21-14-10-8-11-15-21)26(37)34-43-20-22-16-12-9-13-17-22/h8-17,23-24H,6-7,18-20H2,1-5H3,(H,31,36)(H,32,38)(H,33,39)(H,34,37)/t23-,24-/m0/s1. The molecular formula is C30H41N5O9. The second kappa shape index (κ2) is 18.0. The maximum atomic E-state index is 13.6. The molecule has 2 aromatic carbocycles. The van der Waals surface area contributed by atoms with E-state index in [-0.39, 0.29) is 26.2 Å². The third-order valence-electron chi connectivity index (χ3n) is 5.53. The van der Waals surface area contributed by atoms with Crippen molar-refractivity contribution < 1.29 is 43.0 Å². The molecule has 0 heterocycles. The lowest BCUT2D eigenvalue weighted by Crippen LogP contribution is -2.60. The Morgan fingerprint density at radius 3 is 1.91 bits per heavy atom. The third-order valence-corrected chi connectivity index (χ3v) is 5.53. The molecule has 0 aliphatic heterocycles. The number of hydrogen-bond acceptors (Lipinski definition) is 9. The molecular weight excluding hydrogens is 574 g/mol. The van der Waals surface area contributed by atoms with E-state index in [2.05, 4.69) is 21.5 Å². The predicted molar refractivity (Wildman–Crippen MR) is 158 cm³/mol. The summed E-state index contributed by atoms with van der Waals surface area (Å²) in [5.41, 5.74) is 5.18. The highest BCUT2D eigenvalue weighted by atomic mass is 16.7. The molecule has 14 heteroatoms. The van der Waals surface area contributed by atoms with Gasteiger partial charge in [0.15, 0.2) is 0 Å². The molecule has 0 fully saturated rings. The Morgan fingerprint density at radius 2 is 1.34 bits per heavy atom. The lowest BCUT2D eigenvalue weighted by Gasteiger charge is -2.29.